The first-order valence-electron chi connectivity index (χ1n) is 10.8. The standard InChI is InChI=1S/C23H29ClN4O2/c1-23(2,15-7-9-16(24)10-8-15)21(30)28-13-11-17(12-14-28)25-22-26-19-6-4-3-5-18(19)20(29)27-22/h7-10,17H,3-6,11-14H2,1-2H3,(H2,25,26,27,29). The molecule has 0 atom stereocenters. The van der Waals surface area contributed by atoms with Crippen LogP contribution in [0.2, 0.25) is 5.02 Å². The Balaban J connectivity index is 1.38. The van der Waals surface area contributed by atoms with Gasteiger partial charge in [0, 0.05) is 29.7 Å². The maximum atomic E-state index is 13.2. The highest BCUT2D eigenvalue weighted by Gasteiger charge is 2.35. The quantitative estimate of drug-likeness (QED) is 0.778. The summed E-state index contributed by atoms with van der Waals surface area (Å²) in [5.74, 6) is 0.690. The molecule has 1 aliphatic carbocycles. The summed E-state index contributed by atoms with van der Waals surface area (Å²) in [6.07, 6.45) is 5.49. The maximum absolute atomic E-state index is 13.2. The molecule has 0 unspecified atom stereocenters. The molecule has 0 radical (unpaired) electrons. The number of carbonyl (C=O) groups is 1. The van der Waals surface area contributed by atoms with Gasteiger partial charge in [0.2, 0.25) is 11.9 Å². The zero-order valence-corrected chi connectivity index (χ0v) is 18.4. The number of aromatic nitrogens is 2. The van der Waals surface area contributed by atoms with E-state index < -0.39 is 5.41 Å². The number of hydrogen-bond acceptors (Lipinski definition) is 4. The fraction of sp³-hybridized carbons (Fsp3) is 0.522. The van der Waals surface area contributed by atoms with E-state index in [0.29, 0.717) is 24.1 Å². The number of halogens is 1. The summed E-state index contributed by atoms with van der Waals surface area (Å²) >= 11 is 5.99. The second-order valence-corrected chi connectivity index (χ2v) is 9.33. The number of amides is 1. The number of carbonyl (C=O) groups excluding carboxylic acids is 1. The van der Waals surface area contributed by atoms with Gasteiger partial charge in [0.05, 0.1) is 11.1 Å². The lowest BCUT2D eigenvalue weighted by Crippen LogP contribution is -2.49. The van der Waals surface area contributed by atoms with Crippen molar-refractivity contribution in [3.63, 3.8) is 0 Å². The predicted octanol–water partition coefficient (Wildman–Crippen LogP) is 3.68. The van der Waals surface area contributed by atoms with Gasteiger partial charge < -0.3 is 10.2 Å². The Bertz CT molecular complexity index is 976. The summed E-state index contributed by atoms with van der Waals surface area (Å²) in [5, 5.41) is 4.06. The first-order chi connectivity index (χ1) is 14.3. The average molecular weight is 429 g/mol. The van der Waals surface area contributed by atoms with E-state index in [0.717, 1.165) is 55.3 Å². The van der Waals surface area contributed by atoms with Crippen LogP contribution in [0.1, 0.15) is 56.4 Å². The van der Waals surface area contributed by atoms with Gasteiger partial charge in [-0.05, 0) is 70.1 Å². The summed E-state index contributed by atoms with van der Waals surface area (Å²) < 4.78 is 0. The van der Waals surface area contributed by atoms with Crippen molar-refractivity contribution in [2.45, 2.75) is 63.8 Å². The van der Waals surface area contributed by atoms with E-state index in [2.05, 4.69) is 15.3 Å². The molecule has 4 rings (SSSR count). The van der Waals surface area contributed by atoms with Gasteiger partial charge in [-0.25, -0.2) is 4.98 Å². The van der Waals surface area contributed by atoms with E-state index in [-0.39, 0.29) is 17.5 Å². The summed E-state index contributed by atoms with van der Waals surface area (Å²) in [6.45, 7) is 5.29. The number of likely N-dealkylation sites (tertiary alicyclic amines) is 1. The number of anilines is 1. The lowest BCUT2D eigenvalue weighted by molar-refractivity contribution is -0.137. The Morgan fingerprint density at radius 3 is 2.53 bits per heavy atom. The minimum atomic E-state index is -0.601. The minimum Gasteiger partial charge on any atom is -0.353 e. The van der Waals surface area contributed by atoms with Crippen LogP contribution >= 0.6 is 11.6 Å². The van der Waals surface area contributed by atoms with Crippen LogP contribution in [-0.2, 0) is 23.1 Å². The van der Waals surface area contributed by atoms with Crippen molar-refractivity contribution in [1.82, 2.24) is 14.9 Å². The van der Waals surface area contributed by atoms with Crippen LogP contribution in [0.15, 0.2) is 29.1 Å². The van der Waals surface area contributed by atoms with E-state index >= 15 is 0 Å². The molecule has 2 heterocycles. The number of H-pyrrole nitrogens is 1. The molecule has 1 amide bonds. The molecule has 6 nitrogen and oxygen atoms in total. The zero-order chi connectivity index (χ0) is 21.3. The predicted molar refractivity (Wildman–Crippen MR) is 119 cm³/mol. The molecule has 1 aliphatic heterocycles. The van der Waals surface area contributed by atoms with Crippen molar-refractivity contribution in [3.05, 3.63) is 56.5 Å². The number of nitrogens with one attached hydrogen (secondary N) is 2. The van der Waals surface area contributed by atoms with Crippen molar-refractivity contribution >= 4 is 23.5 Å². The Hall–Kier alpha value is -2.34. The smallest absolute Gasteiger partial charge is 0.255 e. The first-order valence-corrected chi connectivity index (χ1v) is 11.2. The molecule has 7 heteroatoms. The van der Waals surface area contributed by atoms with Crippen LogP contribution in [0.5, 0.6) is 0 Å². The third-order valence-electron chi connectivity index (χ3n) is 6.42. The van der Waals surface area contributed by atoms with Crippen LogP contribution in [0.4, 0.5) is 5.95 Å². The molecule has 0 saturated carbocycles. The van der Waals surface area contributed by atoms with Crippen molar-refractivity contribution < 1.29 is 4.79 Å². The van der Waals surface area contributed by atoms with Gasteiger partial charge in [0.15, 0.2) is 0 Å². The van der Waals surface area contributed by atoms with E-state index in [4.69, 9.17) is 11.6 Å². The van der Waals surface area contributed by atoms with E-state index in [9.17, 15) is 9.59 Å². The zero-order valence-electron chi connectivity index (χ0n) is 17.6. The van der Waals surface area contributed by atoms with Crippen molar-refractivity contribution in [2.24, 2.45) is 0 Å². The lowest BCUT2D eigenvalue weighted by atomic mass is 9.82. The largest absolute Gasteiger partial charge is 0.353 e. The van der Waals surface area contributed by atoms with Crippen molar-refractivity contribution in [2.75, 3.05) is 18.4 Å². The molecule has 1 aromatic carbocycles. The van der Waals surface area contributed by atoms with Crippen LogP contribution in [0.25, 0.3) is 0 Å². The third kappa shape index (κ3) is 4.24. The highest BCUT2D eigenvalue weighted by atomic mass is 35.5. The molecule has 2 aromatic rings. The average Bonchev–Trinajstić information content (AvgIpc) is 2.74. The number of piperidine rings is 1. The normalized spacial score (nSPS) is 17.5. The number of fused-ring (bicyclic) bond motifs is 1. The topological polar surface area (TPSA) is 78.1 Å². The van der Waals surface area contributed by atoms with Gasteiger partial charge in [0.25, 0.3) is 5.56 Å². The van der Waals surface area contributed by atoms with Crippen molar-refractivity contribution in [1.29, 1.82) is 0 Å². The van der Waals surface area contributed by atoms with Gasteiger partial charge in [-0.2, -0.15) is 0 Å². The van der Waals surface area contributed by atoms with E-state index in [1.165, 1.54) is 0 Å². The highest BCUT2D eigenvalue weighted by Crippen LogP contribution is 2.28. The molecular weight excluding hydrogens is 400 g/mol. The number of nitrogens with zero attached hydrogens (tertiary/aromatic N) is 2. The number of aromatic amines is 1. The van der Waals surface area contributed by atoms with Gasteiger partial charge in [0.1, 0.15) is 0 Å². The molecular formula is C23H29ClN4O2. The number of aryl methyl sites for hydroxylation is 1. The molecule has 0 spiro atoms. The summed E-state index contributed by atoms with van der Waals surface area (Å²) in [7, 11) is 0. The van der Waals surface area contributed by atoms with Crippen molar-refractivity contribution in [3.8, 4) is 0 Å². The summed E-state index contributed by atoms with van der Waals surface area (Å²) in [5.41, 5.74) is 2.13. The monoisotopic (exact) mass is 428 g/mol. The summed E-state index contributed by atoms with van der Waals surface area (Å²) in [4.78, 5) is 35.0. The lowest BCUT2D eigenvalue weighted by Gasteiger charge is -2.37. The molecule has 30 heavy (non-hydrogen) atoms. The minimum absolute atomic E-state index is 0.0143. The molecule has 1 aromatic heterocycles. The van der Waals surface area contributed by atoms with E-state index in [1.54, 1.807) is 0 Å². The van der Waals surface area contributed by atoms with Gasteiger partial charge >= 0.3 is 0 Å². The molecule has 0 bridgehead atoms. The third-order valence-corrected chi connectivity index (χ3v) is 6.67. The second-order valence-electron chi connectivity index (χ2n) is 8.89. The number of benzene rings is 1. The van der Waals surface area contributed by atoms with Crippen LogP contribution in [0, 0.1) is 0 Å². The molecule has 1 fully saturated rings. The van der Waals surface area contributed by atoms with E-state index in [1.807, 2.05) is 43.0 Å². The maximum Gasteiger partial charge on any atom is 0.255 e. The Morgan fingerprint density at radius 1 is 1.17 bits per heavy atom. The SMILES string of the molecule is CC(C)(C(=O)N1CCC(Nc2nc3c(c(=O)[nH]2)CCCC3)CC1)c1ccc(Cl)cc1. The molecule has 2 aliphatic rings. The molecule has 160 valence electrons. The van der Waals surface area contributed by atoms with Gasteiger partial charge in [-0.1, -0.05) is 23.7 Å². The fourth-order valence-corrected chi connectivity index (χ4v) is 4.60. The Morgan fingerprint density at radius 2 is 1.83 bits per heavy atom. The molecule has 2 N–H and O–H groups in total. The van der Waals surface area contributed by atoms with Gasteiger partial charge in [-0.15, -0.1) is 0 Å². The Kier molecular flexibility index (Phi) is 5.87. The number of hydrogen-bond donors (Lipinski definition) is 2. The first kappa shape index (κ1) is 20.9. The van der Waals surface area contributed by atoms with Crippen LogP contribution in [-0.4, -0.2) is 39.9 Å². The fourth-order valence-electron chi connectivity index (χ4n) is 4.48. The van der Waals surface area contributed by atoms with Gasteiger partial charge in [-0.3, -0.25) is 14.6 Å². The Labute approximate surface area is 182 Å². The summed E-state index contributed by atoms with van der Waals surface area (Å²) in [6, 6.07) is 7.69. The molecule has 1 saturated heterocycles. The van der Waals surface area contributed by atoms with Crippen LogP contribution < -0.4 is 10.9 Å². The number of rotatable bonds is 4. The van der Waals surface area contributed by atoms with Crippen LogP contribution in [0.3, 0.4) is 0 Å². The second kappa shape index (κ2) is 8.42. The highest BCUT2D eigenvalue weighted by molar-refractivity contribution is 6.30.